The molecule has 1 saturated carbocycles. The summed E-state index contributed by atoms with van der Waals surface area (Å²) < 4.78 is 12.7. The van der Waals surface area contributed by atoms with Gasteiger partial charge < -0.3 is 9.47 Å². The molecule has 3 atom stereocenters. The Morgan fingerprint density at radius 3 is 2.29 bits per heavy atom. The van der Waals surface area contributed by atoms with E-state index in [1.54, 1.807) is 0 Å². The van der Waals surface area contributed by atoms with Crippen LogP contribution < -0.4 is 0 Å². The first-order valence-electron chi connectivity index (χ1n) is 10.3. The Balaban J connectivity index is 1.66. The minimum absolute atomic E-state index is 0.157. The first-order valence-corrected chi connectivity index (χ1v) is 11.2. The lowest BCUT2D eigenvalue weighted by molar-refractivity contribution is -0.202. The molecule has 0 radical (unpaired) electrons. The Labute approximate surface area is 171 Å². The molecule has 2 fully saturated rings. The molecule has 3 nitrogen and oxygen atoms in total. The molecular formula is C24H28O3S. The van der Waals surface area contributed by atoms with Crippen LogP contribution in [0.2, 0.25) is 0 Å². The third-order valence-corrected chi connectivity index (χ3v) is 7.35. The summed E-state index contributed by atoms with van der Waals surface area (Å²) in [5.41, 5.74) is 0.942. The van der Waals surface area contributed by atoms with Gasteiger partial charge in [-0.1, -0.05) is 67.8 Å². The third kappa shape index (κ3) is 4.28. The summed E-state index contributed by atoms with van der Waals surface area (Å²) in [6.45, 7) is 1.49. The zero-order chi connectivity index (χ0) is 19.4. The van der Waals surface area contributed by atoms with Crippen LogP contribution in [0.25, 0.3) is 0 Å². The quantitative estimate of drug-likeness (QED) is 0.599. The Morgan fingerprint density at radius 1 is 1.00 bits per heavy atom. The summed E-state index contributed by atoms with van der Waals surface area (Å²) in [5.74, 6) is -0.238. The summed E-state index contributed by atoms with van der Waals surface area (Å²) in [6, 6.07) is 20.8. The largest absolute Gasteiger partial charge is 0.459 e. The summed E-state index contributed by atoms with van der Waals surface area (Å²) in [5, 5.41) is 0.277. The first-order chi connectivity index (χ1) is 13.7. The van der Waals surface area contributed by atoms with Crippen LogP contribution in [0.5, 0.6) is 0 Å². The number of carbonyl (C=O) groups is 1. The van der Waals surface area contributed by atoms with Crippen molar-refractivity contribution in [3.63, 3.8) is 0 Å². The summed E-state index contributed by atoms with van der Waals surface area (Å²) >= 11 is 1.88. The van der Waals surface area contributed by atoms with Crippen molar-refractivity contribution >= 4 is 17.7 Å². The van der Waals surface area contributed by atoms with E-state index >= 15 is 0 Å². The van der Waals surface area contributed by atoms with Crippen molar-refractivity contribution in [3.8, 4) is 0 Å². The van der Waals surface area contributed by atoms with Crippen molar-refractivity contribution in [2.75, 3.05) is 0 Å². The zero-order valence-corrected chi connectivity index (χ0v) is 17.2. The summed E-state index contributed by atoms with van der Waals surface area (Å²) in [6.07, 6.45) is 6.19. The fraction of sp³-hybridized carbons (Fsp3) is 0.458. The van der Waals surface area contributed by atoms with Crippen molar-refractivity contribution in [2.45, 2.75) is 73.4 Å². The van der Waals surface area contributed by atoms with Crippen molar-refractivity contribution in [1.29, 1.82) is 0 Å². The van der Waals surface area contributed by atoms with Crippen molar-refractivity contribution in [1.82, 2.24) is 0 Å². The zero-order valence-electron chi connectivity index (χ0n) is 16.4. The molecule has 0 unspecified atom stereocenters. The highest BCUT2D eigenvalue weighted by atomic mass is 32.2. The van der Waals surface area contributed by atoms with Crippen LogP contribution in [0, 0.1) is 0 Å². The van der Waals surface area contributed by atoms with Gasteiger partial charge in [-0.2, -0.15) is 0 Å². The van der Waals surface area contributed by atoms with Crippen LogP contribution in [0.1, 0.15) is 57.1 Å². The maximum atomic E-state index is 11.8. The second-order valence-corrected chi connectivity index (χ2v) is 9.15. The van der Waals surface area contributed by atoms with Gasteiger partial charge in [-0.15, -0.1) is 11.8 Å². The molecule has 0 N–H and O–H groups in total. The van der Waals surface area contributed by atoms with E-state index < -0.39 is 0 Å². The molecule has 1 heterocycles. The fourth-order valence-electron chi connectivity index (χ4n) is 4.61. The van der Waals surface area contributed by atoms with Crippen LogP contribution in [0.4, 0.5) is 0 Å². The average molecular weight is 397 g/mol. The van der Waals surface area contributed by atoms with Crippen LogP contribution >= 0.6 is 11.8 Å². The normalized spacial score (nSPS) is 26.7. The molecule has 0 amide bonds. The van der Waals surface area contributed by atoms with Crippen LogP contribution in [-0.4, -0.2) is 22.9 Å². The van der Waals surface area contributed by atoms with Gasteiger partial charge in [-0.25, -0.2) is 0 Å². The van der Waals surface area contributed by atoms with Crippen LogP contribution in [0.15, 0.2) is 65.6 Å². The van der Waals surface area contributed by atoms with Gasteiger partial charge in [-0.05, 0) is 30.5 Å². The van der Waals surface area contributed by atoms with Gasteiger partial charge in [0.2, 0.25) is 0 Å². The van der Waals surface area contributed by atoms with E-state index in [0.29, 0.717) is 0 Å². The Morgan fingerprint density at radius 2 is 1.64 bits per heavy atom. The molecule has 2 aliphatic rings. The molecule has 2 aromatic rings. The lowest BCUT2D eigenvalue weighted by Gasteiger charge is -2.51. The number of carbonyl (C=O) groups excluding carboxylic acids is 1. The third-order valence-electron chi connectivity index (χ3n) is 5.90. The van der Waals surface area contributed by atoms with E-state index in [9.17, 15) is 4.79 Å². The van der Waals surface area contributed by atoms with Gasteiger partial charge in [0.15, 0.2) is 0 Å². The van der Waals surface area contributed by atoms with Crippen molar-refractivity contribution in [2.24, 2.45) is 0 Å². The van der Waals surface area contributed by atoms with Gasteiger partial charge in [0, 0.05) is 23.5 Å². The average Bonchev–Trinajstić information content (AvgIpc) is 2.72. The number of esters is 1. The lowest BCUT2D eigenvalue weighted by atomic mass is 9.77. The highest BCUT2D eigenvalue weighted by Gasteiger charge is 2.51. The molecule has 148 valence electrons. The van der Waals surface area contributed by atoms with Crippen molar-refractivity contribution < 1.29 is 14.3 Å². The second kappa shape index (κ2) is 8.71. The second-order valence-electron chi connectivity index (χ2n) is 7.88. The number of benzene rings is 2. The molecule has 28 heavy (non-hydrogen) atoms. The topological polar surface area (TPSA) is 35.5 Å². The van der Waals surface area contributed by atoms with E-state index in [-0.39, 0.29) is 29.0 Å². The standard InChI is InChI=1S/C24H28O3S/c1-18(25)26-21-17-22(28-20-13-7-3-8-14-20)24(15-9-4-10-16-24)27-23(21)19-11-5-2-6-12-19/h2-3,5-8,11-14,21-23H,4,9-10,15-17H2,1H3/t21-,22-,23-/m0/s1. The number of rotatable bonds is 4. The van der Waals surface area contributed by atoms with E-state index in [2.05, 4.69) is 36.4 Å². The van der Waals surface area contributed by atoms with Crippen LogP contribution in [0.3, 0.4) is 0 Å². The lowest BCUT2D eigenvalue weighted by Crippen LogP contribution is -2.53. The fourth-order valence-corrected chi connectivity index (χ4v) is 6.05. The molecular weight excluding hydrogens is 368 g/mol. The van der Waals surface area contributed by atoms with Gasteiger partial charge in [-0.3, -0.25) is 4.79 Å². The van der Waals surface area contributed by atoms with Gasteiger partial charge in [0.1, 0.15) is 12.2 Å². The van der Waals surface area contributed by atoms with Gasteiger partial charge >= 0.3 is 5.97 Å². The van der Waals surface area contributed by atoms with E-state index in [1.807, 2.05) is 36.0 Å². The molecule has 4 heteroatoms. The van der Waals surface area contributed by atoms with E-state index in [4.69, 9.17) is 9.47 Å². The molecule has 4 rings (SSSR count). The van der Waals surface area contributed by atoms with Crippen LogP contribution in [-0.2, 0) is 14.3 Å². The highest BCUT2D eigenvalue weighted by Crippen LogP contribution is 2.51. The number of ether oxygens (including phenoxy) is 2. The summed E-state index contributed by atoms with van der Waals surface area (Å²) in [4.78, 5) is 13.1. The Bertz CT molecular complexity index is 771. The molecule has 1 aliphatic carbocycles. The number of thioether (sulfide) groups is 1. The molecule has 0 bridgehead atoms. The van der Waals surface area contributed by atoms with E-state index in [1.165, 1.54) is 31.1 Å². The maximum absolute atomic E-state index is 11.8. The number of hydrogen-bond acceptors (Lipinski definition) is 4. The molecule has 0 aromatic heterocycles. The molecule has 1 aliphatic heterocycles. The number of hydrogen-bond donors (Lipinski definition) is 0. The molecule has 2 aromatic carbocycles. The predicted molar refractivity (Wildman–Crippen MR) is 112 cm³/mol. The first kappa shape index (κ1) is 19.5. The predicted octanol–water partition coefficient (Wildman–Crippen LogP) is 5.94. The minimum Gasteiger partial charge on any atom is -0.459 e. The molecule has 1 saturated heterocycles. The maximum Gasteiger partial charge on any atom is 0.303 e. The smallest absolute Gasteiger partial charge is 0.303 e. The Hall–Kier alpha value is -1.78. The van der Waals surface area contributed by atoms with Crippen molar-refractivity contribution in [3.05, 3.63) is 66.2 Å². The monoisotopic (exact) mass is 396 g/mol. The van der Waals surface area contributed by atoms with E-state index in [0.717, 1.165) is 24.8 Å². The minimum atomic E-state index is -0.256. The van der Waals surface area contributed by atoms with Gasteiger partial charge in [0.05, 0.1) is 5.60 Å². The highest BCUT2D eigenvalue weighted by molar-refractivity contribution is 8.00. The molecule has 1 spiro atoms. The van der Waals surface area contributed by atoms with Gasteiger partial charge in [0.25, 0.3) is 0 Å². The SMILES string of the molecule is CC(=O)O[C@H]1C[C@H](Sc2ccccc2)C2(CCCCC2)O[C@H]1c1ccccc1. The Kier molecular flexibility index (Phi) is 6.07. The summed E-state index contributed by atoms with van der Waals surface area (Å²) in [7, 11) is 0.